The van der Waals surface area contributed by atoms with Gasteiger partial charge in [0.1, 0.15) is 23.0 Å². The molecule has 2 aromatic carbocycles. The molecular weight excluding hydrogens is 414 g/mol. The van der Waals surface area contributed by atoms with Crippen LogP contribution >= 0.6 is 0 Å². The van der Waals surface area contributed by atoms with Gasteiger partial charge in [0, 0.05) is 30.1 Å². The summed E-state index contributed by atoms with van der Waals surface area (Å²) in [6, 6.07) is 9.35. The SMILES string of the molecule is Cc1ccc2c(c1)C(NCCC(Cc1cc(F)cc(F)c1)NC(=O)OC(C)(C)C)CCO2. The molecule has 0 spiro atoms. The molecule has 1 heterocycles. The summed E-state index contributed by atoms with van der Waals surface area (Å²) in [6.07, 6.45) is 1.15. The number of fused-ring (bicyclic) bond motifs is 1. The molecule has 0 fully saturated rings. The highest BCUT2D eigenvalue weighted by molar-refractivity contribution is 5.68. The van der Waals surface area contributed by atoms with Crippen molar-refractivity contribution in [3.63, 3.8) is 0 Å². The molecule has 2 N–H and O–H groups in total. The van der Waals surface area contributed by atoms with Crippen molar-refractivity contribution in [2.75, 3.05) is 13.2 Å². The third-order valence-electron chi connectivity index (χ3n) is 5.21. The Morgan fingerprint density at radius 3 is 2.59 bits per heavy atom. The quantitative estimate of drug-likeness (QED) is 0.613. The molecule has 2 unspecified atom stereocenters. The van der Waals surface area contributed by atoms with Gasteiger partial charge in [0.15, 0.2) is 0 Å². The van der Waals surface area contributed by atoms with Crippen LogP contribution in [0.1, 0.15) is 56.3 Å². The number of nitrogens with one attached hydrogen (secondary N) is 2. The van der Waals surface area contributed by atoms with Crippen LogP contribution < -0.4 is 15.4 Å². The van der Waals surface area contributed by atoms with Crippen LogP contribution in [-0.2, 0) is 11.2 Å². The molecule has 0 bridgehead atoms. The van der Waals surface area contributed by atoms with Gasteiger partial charge in [-0.15, -0.1) is 0 Å². The van der Waals surface area contributed by atoms with Gasteiger partial charge >= 0.3 is 6.09 Å². The van der Waals surface area contributed by atoms with E-state index in [1.54, 1.807) is 20.8 Å². The van der Waals surface area contributed by atoms with Crippen molar-refractivity contribution < 1.29 is 23.0 Å². The van der Waals surface area contributed by atoms with Crippen LogP contribution in [-0.4, -0.2) is 30.9 Å². The number of ether oxygens (including phenoxy) is 2. The van der Waals surface area contributed by atoms with Crippen LogP contribution in [0.3, 0.4) is 0 Å². The number of halogens is 2. The van der Waals surface area contributed by atoms with Crippen molar-refractivity contribution in [2.24, 2.45) is 0 Å². The fraction of sp³-hybridized carbons (Fsp3) is 0.480. The Kier molecular flexibility index (Phi) is 7.72. The van der Waals surface area contributed by atoms with E-state index in [0.29, 0.717) is 31.6 Å². The first-order chi connectivity index (χ1) is 15.1. The molecule has 1 aliphatic heterocycles. The molecule has 32 heavy (non-hydrogen) atoms. The first-order valence-corrected chi connectivity index (χ1v) is 11.0. The van der Waals surface area contributed by atoms with Gasteiger partial charge in [-0.3, -0.25) is 0 Å². The normalized spacial score (nSPS) is 16.6. The van der Waals surface area contributed by atoms with Crippen molar-refractivity contribution in [2.45, 2.75) is 64.6 Å². The van der Waals surface area contributed by atoms with E-state index in [2.05, 4.69) is 16.7 Å². The summed E-state index contributed by atoms with van der Waals surface area (Å²) in [7, 11) is 0. The first kappa shape index (κ1) is 24.0. The van der Waals surface area contributed by atoms with E-state index in [1.807, 2.05) is 19.1 Å². The average Bonchev–Trinajstić information content (AvgIpc) is 2.66. The lowest BCUT2D eigenvalue weighted by atomic mass is 9.98. The van der Waals surface area contributed by atoms with Gasteiger partial charge in [-0.2, -0.15) is 0 Å². The molecule has 2 atom stereocenters. The lowest BCUT2D eigenvalue weighted by molar-refractivity contribution is 0.0501. The molecule has 1 amide bonds. The standard InChI is InChI=1S/C25H32F2N2O3/c1-16-5-6-23-21(11-16)22(8-10-31-23)28-9-7-20(29-24(30)32-25(2,3)4)14-17-12-18(26)15-19(27)13-17/h5-6,11-13,15,20,22,28H,7-10,14H2,1-4H3,(H,29,30). The Morgan fingerprint density at radius 2 is 1.91 bits per heavy atom. The van der Waals surface area contributed by atoms with E-state index in [1.165, 1.54) is 17.7 Å². The van der Waals surface area contributed by atoms with E-state index >= 15 is 0 Å². The second kappa shape index (κ2) is 10.3. The number of alkyl carbamates (subject to hydrolysis) is 1. The molecular formula is C25H32F2N2O3. The maximum atomic E-state index is 13.7. The minimum Gasteiger partial charge on any atom is -0.493 e. The second-order valence-corrected chi connectivity index (χ2v) is 9.30. The minimum absolute atomic E-state index is 0.146. The minimum atomic E-state index is -0.637. The smallest absolute Gasteiger partial charge is 0.407 e. The molecule has 3 rings (SSSR count). The number of benzene rings is 2. The number of aryl methyl sites for hydroxylation is 1. The van der Waals surface area contributed by atoms with Crippen molar-refractivity contribution in [1.82, 2.24) is 10.6 Å². The van der Waals surface area contributed by atoms with Crippen molar-refractivity contribution in [3.05, 3.63) is 64.7 Å². The van der Waals surface area contributed by atoms with E-state index in [4.69, 9.17) is 9.47 Å². The summed E-state index contributed by atoms with van der Waals surface area (Å²) in [5.74, 6) is -0.385. The number of carbonyl (C=O) groups excluding carboxylic acids is 1. The molecule has 0 aromatic heterocycles. The second-order valence-electron chi connectivity index (χ2n) is 9.30. The van der Waals surface area contributed by atoms with Crippen LogP contribution in [0.2, 0.25) is 0 Å². The zero-order chi connectivity index (χ0) is 23.3. The Morgan fingerprint density at radius 1 is 1.19 bits per heavy atom. The summed E-state index contributed by atoms with van der Waals surface area (Å²) in [4.78, 5) is 12.3. The molecule has 7 heteroatoms. The van der Waals surface area contributed by atoms with E-state index in [-0.39, 0.29) is 12.1 Å². The predicted molar refractivity (Wildman–Crippen MR) is 120 cm³/mol. The van der Waals surface area contributed by atoms with Crippen LogP contribution in [0.4, 0.5) is 13.6 Å². The van der Waals surface area contributed by atoms with Gasteiger partial charge < -0.3 is 20.1 Å². The topological polar surface area (TPSA) is 59.6 Å². The third-order valence-corrected chi connectivity index (χ3v) is 5.21. The highest BCUT2D eigenvalue weighted by Crippen LogP contribution is 2.32. The molecule has 0 radical (unpaired) electrons. The van der Waals surface area contributed by atoms with Crippen LogP contribution in [0.5, 0.6) is 5.75 Å². The number of carbonyl (C=O) groups is 1. The zero-order valence-corrected chi connectivity index (χ0v) is 19.1. The molecule has 1 aliphatic rings. The lowest BCUT2D eigenvalue weighted by Crippen LogP contribution is -2.42. The fourth-order valence-electron chi connectivity index (χ4n) is 3.87. The summed E-state index contributed by atoms with van der Waals surface area (Å²) in [5.41, 5.74) is 2.14. The summed E-state index contributed by atoms with van der Waals surface area (Å²) < 4.78 is 38.4. The van der Waals surface area contributed by atoms with E-state index < -0.39 is 23.3 Å². The Bertz CT molecular complexity index is 923. The van der Waals surface area contributed by atoms with Gasteiger partial charge in [-0.1, -0.05) is 17.7 Å². The van der Waals surface area contributed by atoms with Crippen molar-refractivity contribution in [3.8, 4) is 5.75 Å². The van der Waals surface area contributed by atoms with E-state index in [9.17, 15) is 13.6 Å². The summed E-state index contributed by atoms with van der Waals surface area (Å²) in [6.45, 7) is 8.65. The predicted octanol–water partition coefficient (Wildman–Crippen LogP) is 5.21. The van der Waals surface area contributed by atoms with Gasteiger partial charge in [-0.05, 0) is 70.8 Å². The number of hydrogen-bond donors (Lipinski definition) is 2. The molecule has 0 saturated carbocycles. The summed E-state index contributed by atoms with van der Waals surface area (Å²) in [5, 5.41) is 6.40. The average molecular weight is 447 g/mol. The largest absolute Gasteiger partial charge is 0.493 e. The third kappa shape index (κ3) is 7.19. The van der Waals surface area contributed by atoms with Gasteiger partial charge in [0.25, 0.3) is 0 Å². The maximum Gasteiger partial charge on any atom is 0.407 e. The van der Waals surface area contributed by atoms with E-state index in [0.717, 1.165) is 23.8 Å². The Hall–Kier alpha value is -2.67. The number of hydrogen-bond acceptors (Lipinski definition) is 4. The lowest BCUT2D eigenvalue weighted by Gasteiger charge is -2.28. The van der Waals surface area contributed by atoms with Crippen molar-refractivity contribution in [1.29, 1.82) is 0 Å². The maximum absolute atomic E-state index is 13.7. The molecule has 0 saturated heterocycles. The molecule has 2 aromatic rings. The molecule has 5 nitrogen and oxygen atoms in total. The van der Waals surface area contributed by atoms with Crippen LogP contribution in [0, 0.1) is 18.6 Å². The number of rotatable bonds is 7. The Labute approximate surface area is 188 Å². The monoisotopic (exact) mass is 446 g/mol. The highest BCUT2D eigenvalue weighted by atomic mass is 19.1. The molecule has 174 valence electrons. The summed E-state index contributed by atoms with van der Waals surface area (Å²) >= 11 is 0. The zero-order valence-electron chi connectivity index (χ0n) is 19.1. The Balaban J connectivity index is 1.66. The fourth-order valence-corrected chi connectivity index (χ4v) is 3.87. The number of amides is 1. The van der Waals surface area contributed by atoms with Crippen LogP contribution in [0.15, 0.2) is 36.4 Å². The molecule has 0 aliphatic carbocycles. The van der Waals surface area contributed by atoms with Crippen molar-refractivity contribution >= 4 is 6.09 Å². The first-order valence-electron chi connectivity index (χ1n) is 11.0. The van der Waals surface area contributed by atoms with Crippen LogP contribution in [0.25, 0.3) is 0 Å². The van der Waals surface area contributed by atoms with Gasteiger partial charge in [0.2, 0.25) is 0 Å². The van der Waals surface area contributed by atoms with Gasteiger partial charge in [0.05, 0.1) is 6.61 Å². The highest BCUT2D eigenvalue weighted by Gasteiger charge is 2.23. The van der Waals surface area contributed by atoms with Gasteiger partial charge in [-0.25, -0.2) is 13.6 Å².